The number of hydrogen-bond acceptors (Lipinski definition) is 4. The number of quaternary nitrogens is 1. The van der Waals surface area contributed by atoms with Gasteiger partial charge < -0.3 is 9.64 Å². The molecule has 1 N–H and O–H groups in total. The molecule has 2 aliphatic rings. The van der Waals surface area contributed by atoms with Gasteiger partial charge in [-0.3, -0.25) is 0 Å². The third-order valence-corrected chi connectivity index (χ3v) is 6.97. The number of ether oxygens (including phenoxy) is 1. The number of hydrogen-bond donors (Lipinski definition) is 1. The van der Waals surface area contributed by atoms with Gasteiger partial charge in [-0.05, 0) is 33.1 Å². The summed E-state index contributed by atoms with van der Waals surface area (Å²) in [6.07, 6.45) is 3.79. The van der Waals surface area contributed by atoms with Crippen LogP contribution in [0.1, 0.15) is 30.7 Å². The molecule has 7 nitrogen and oxygen atoms in total. The van der Waals surface area contributed by atoms with Crippen LogP contribution in [0.3, 0.4) is 0 Å². The highest BCUT2D eigenvalue weighted by Gasteiger charge is 2.32. The highest BCUT2D eigenvalue weighted by atomic mass is 32.2. The van der Waals surface area contributed by atoms with Crippen molar-refractivity contribution in [1.82, 2.24) is 14.1 Å². The van der Waals surface area contributed by atoms with Crippen molar-refractivity contribution in [2.75, 3.05) is 39.4 Å². The van der Waals surface area contributed by atoms with Crippen LogP contribution in [0.15, 0.2) is 4.90 Å². The van der Waals surface area contributed by atoms with Crippen LogP contribution < -0.4 is 4.90 Å². The summed E-state index contributed by atoms with van der Waals surface area (Å²) in [5.74, 6) is 0. The highest BCUT2D eigenvalue weighted by Crippen LogP contribution is 2.23. The third-order valence-electron chi connectivity index (χ3n) is 4.82. The zero-order valence-electron chi connectivity index (χ0n) is 14.0. The summed E-state index contributed by atoms with van der Waals surface area (Å²) >= 11 is 0. The topological polar surface area (TPSA) is 68.9 Å². The van der Waals surface area contributed by atoms with Crippen molar-refractivity contribution in [3.05, 3.63) is 11.4 Å². The first kappa shape index (κ1) is 16.9. The Bertz CT molecular complexity index is 644. The fourth-order valence-electron chi connectivity index (χ4n) is 3.55. The second-order valence-electron chi connectivity index (χ2n) is 6.48. The predicted octanol–water partition coefficient (Wildman–Crippen LogP) is -0.453. The number of nitrogens with zero attached hydrogens (tertiary/aromatic N) is 3. The number of likely N-dealkylation sites (tertiary alicyclic amines) is 1. The van der Waals surface area contributed by atoms with Crippen molar-refractivity contribution in [2.45, 2.75) is 44.7 Å². The fraction of sp³-hybridized carbons (Fsp3) is 0.800. The maximum Gasteiger partial charge on any atom is 0.246 e. The molecule has 2 fully saturated rings. The molecule has 2 aliphatic heterocycles. The average molecular weight is 343 g/mol. The molecule has 23 heavy (non-hydrogen) atoms. The van der Waals surface area contributed by atoms with E-state index in [1.165, 1.54) is 28.5 Å². The molecule has 0 amide bonds. The fourth-order valence-corrected chi connectivity index (χ4v) is 5.33. The third kappa shape index (κ3) is 3.45. The molecular formula is C15H27N4O3S+. The molecule has 0 radical (unpaired) electrons. The van der Waals surface area contributed by atoms with Crippen LogP contribution in [0.25, 0.3) is 0 Å². The summed E-state index contributed by atoms with van der Waals surface area (Å²) in [5, 5.41) is 4.52. The Morgan fingerprint density at radius 1 is 1.13 bits per heavy atom. The quantitative estimate of drug-likeness (QED) is 0.804. The van der Waals surface area contributed by atoms with E-state index in [0.29, 0.717) is 36.9 Å². The van der Waals surface area contributed by atoms with Gasteiger partial charge in [-0.25, -0.2) is 13.1 Å². The first-order valence-electron chi connectivity index (χ1n) is 8.45. The van der Waals surface area contributed by atoms with Gasteiger partial charge in [-0.1, -0.05) is 0 Å². The molecule has 0 spiro atoms. The van der Waals surface area contributed by atoms with E-state index < -0.39 is 10.0 Å². The van der Waals surface area contributed by atoms with Gasteiger partial charge in [0.15, 0.2) is 6.67 Å². The monoisotopic (exact) mass is 343 g/mol. The van der Waals surface area contributed by atoms with Gasteiger partial charge in [-0.15, -0.1) is 0 Å². The van der Waals surface area contributed by atoms with Gasteiger partial charge in [0.1, 0.15) is 4.90 Å². The Morgan fingerprint density at radius 2 is 1.78 bits per heavy atom. The molecule has 1 aromatic rings. The average Bonchev–Trinajstić information content (AvgIpc) is 2.83. The molecule has 0 saturated carbocycles. The Morgan fingerprint density at radius 3 is 2.43 bits per heavy atom. The number of nitrogens with one attached hydrogen (secondary N) is 1. The van der Waals surface area contributed by atoms with Crippen LogP contribution >= 0.6 is 0 Å². The van der Waals surface area contributed by atoms with E-state index in [0.717, 1.165) is 25.5 Å². The number of aryl methyl sites for hydroxylation is 1. The standard InChI is InChI=1S/C15H26N4O3S/c1-13-15(23(20,21)18-8-10-22-11-9-18)14(2)19(16-13)12-17-6-4-3-5-7-17/h3-12H2,1-2H3/p+1. The SMILES string of the molecule is Cc1nn(C[NH+]2CCCCC2)c(C)c1S(=O)(=O)N1CCOCC1. The largest absolute Gasteiger partial charge is 0.379 e. The van der Waals surface area contributed by atoms with Crippen LogP contribution in [0, 0.1) is 13.8 Å². The number of sulfonamides is 1. The van der Waals surface area contributed by atoms with E-state index in [1.807, 2.05) is 11.6 Å². The van der Waals surface area contributed by atoms with Crippen LogP contribution in [-0.2, 0) is 21.4 Å². The Balaban J connectivity index is 1.84. The van der Waals surface area contributed by atoms with Crippen molar-refractivity contribution in [3.63, 3.8) is 0 Å². The smallest absolute Gasteiger partial charge is 0.246 e. The summed E-state index contributed by atoms with van der Waals surface area (Å²) in [6, 6.07) is 0. The lowest BCUT2D eigenvalue weighted by Gasteiger charge is -2.26. The van der Waals surface area contributed by atoms with Crippen molar-refractivity contribution in [2.24, 2.45) is 0 Å². The molecule has 1 aromatic heterocycles. The minimum Gasteiger partial charge on any atom is -0.379 e. The van der Waals surface area contributed by atoms with Gasteiger partial charge in [0, 0.05) is 13.1 Å². The summed E-state index contributed by atoms with van der Waals surface area (Å²) in [5.41, 5.74) is 1.36. The van der Waals surface area contributed by atoms with Gasteiger partial charge in [0.25, 0.3) is 0 Å². The van der Waals surface area contributed by atoms with Crippen molar-refractivity contribution in [1.29, 1.82) is 0 Å². The second kappa shape index (κ2) is 6.88. The van der Waals surface area contributed by atoms with Crippen molar-refractivity contribution >= 4 is 10.0 Å². The van der Waals surface area contributed by atoms with Crippen molar-refractivity contribution in [3.8, 4) is 0 Å². The van der Waals surface area contributed by atoms with E-state index >= 15 is 0 Å². The van der Waals surface area contributed by atoms with E-state index in [2.05, 4.69) is 5.10 Å². The molecule has 0 unspecified atom stereocenters. The summed E-state index contributed by atoms with van der Waals surface area (Å²) in [6.45, 7) is 8.47. The van der Waals surface area contributed by atoms with E-state index in [4.69, 9.17) is 4.74 Å². The van der Waals surface area contributed by atoms with Crippen LogP contribution in [-0.4, -0.2) is 61.9 Å². The molecule has 0 atom stereocenters. The van der Waals surface area contributed by atoms with Gasteiger partial charge in [0.2, 0.25) is 10.0 Å². The molecule has 0 aromatic carbocycles. The summed E-state index contributed by atoms with van der Waals surface area (Å²) < 4.78 is 34.6. The zero-order valence-corrected chi connectivity index (χ0v) is 14.9. The minimum atomic E-state index is -3.48. The zero-order chi connectivity index (χ0) is 16.4. The Kier molecular flexibility index (Phi) is 5.05. The van der Waals surface area contributed by atoms with Crippen LogP contribution in [0.5, 0.6) is 0 Å². The second-order valence-corrected chi connectivity index (χ2v) is 8.36. The number of rotatable bonds is 4. The lowest BCUT2D eigenvalue weighted by atomic mass is 10.1. The van der Waals surface area contributed by atoms with E-state index in [-0.39, 0.29) is 0 Å². The first-order chi connectivity index (χ1) is 11.0. The molecule has 130 valence electrons. The maximum absolute atomic E-state index is 12.9. The molecule has 0 bridgehead atoms. The molecule has 3 heterocycles. The molecule has 2 saturated heterocycles. The normalized spacial score (nSPS) is 21.7. The van der Waals surface area contributed by atoms with Gasteiger partial charge >= 0.3 is 0 Å². The first-order valence-corrected chi connectivity index (χ1v) is 9.89. The van der Waals surface area contributed by atoms with E-state index in [1.54, 1.807) is 6.92 Å². The molecule has 3 rings (SSSR count). The Labute approximate surface area is 138 Å². The lowest BCUT2D eigenvalue weighted by molar-refractivity contribution is -0.928. The van der Waals surface area contributed by atoms with E-state index in [9.17, 15) is 8.42 Å². The Hall–Kier alpha value is -0.960. The number of aromatic nitrogens is 2. The molecule has 8 heteroatoms. The van der Waals surface area contributed by atoms with Gasteiger partial charge in [0.05, 0.1) is 37.7 Å². The minimum absolute atomic E-state index is 0.385. The highest BCUT2D eigenvalue weighted by molar-refractivity contribution is 7.89. The lowest BCUT2D eigenvalue weighted by Crippen LogP contribution is -3.12. The molecule has 0 aliphatic carbocycles. The van der Waals surface area contributed by atoms with Crippen LogP contribution in [0.2, 0.25) is 0 Å². The summed E-state index contributed by atoms with van der Waals surface area (Å²) in [7, 11) is -3.48. The predicted molar refractivity (Wildman–Crippen MR) is 85.8 cm³/mol. The number of piperidine rings is 1. The number of morpholine rings is 1. The summed E-state index contributed by atoms with van der Waals surface area (Å²) in [4.78, 5) is 1.87. The van der Waals surface area contributed by atoms with Gasteiger partial charge in [-0.2, -0.15) is 9.40 Å². The van der Waals surface area contributed by atoms with Crippen LogP contribution in [0.4, 0.5) is 0 Å². The maximum atomic E-state index is 12.9. The van der Waals surface area contributed by atoms with Crippen molar-refractivity contribution < 1.29 is 18.1 Å². The molecular weight excluding hydrogens is 316 g/mol.